The second kappa shape index (κ2) is 7.18. The van der Waals surface area contributed by atoms with Crippen LogP contribution in [0.2, 0.25) is 0 Å². The highest BCUT2D eigenvalue weighted by atomic mass is 79.9. The molecule has 126 valence electrons. The van der Waals surface area contributed by atoms with E-state index >= 15 is 0 Å². The number of carbonyl (C=O) groups excluding carboxylic acids is 2. The fourth-order valence-electron chi connectivity index (χ4n) is 2.06. The van der Waals surface area contributed by atoms with Crippen LogP contribution in [0.1, 0.15) is 47.1 Å². The number of halogens is 1. The molecule has 0 radical (unpaired) electrons. The molecule has 0 bridgehead atoms. The topological polar surface area (TPSA) is 58.2 Å². The lowest BCUT2D eigenvalue weighted by Gasteiger charge is -2.20. The minimum atomic E-state index is -0.300. The fraction of sp³-hybridized carbons (Fsp3) is 0.263. The van der Waals surface area contributed by atoms with Crippen LogP contribution >= 0.6 is 15.9 Å². The Kier molecular flexibility index (Phi) is 5.44. The summed E-state index contributed by atoms with van der Waals surface area (Å²) in [5.74, 6) is -0.370. The van der Waals surface area contributed by atoms with Crippen molar-refractivity contribution in [2.75, 3.05) is 5.32 Å². The fourth-order valence-corrected chi connectivity index (χ4v) is 2.44. The van der Waals surface area contributed by atoms with Gasteiger partial charge in [-0.05, 0) is 69.7 Å². The first-order chi connectivity index (χ1) is 11.2. The van der Waals surface area contributed by atoms with Crippen LogP contribution in [0.5, 0.6) is 0 Å². The van der Waals surface area contributed by atoms with Crippen LogP contribution in [0, 0.1) is 6.92 Å². The normalized spacial score (nSPS) is 11.0. The van der Waals surface area contributed by atoms with Crippen LogP contribution in [0.4, 0.5) is 5.69 Å². The molecule has 0 aliphatic carbocycles. The van der Waals surface area contributed by atoms with E-state index in [0.29, 0.717) is 16.8 Å². The zero-order valence-corrected chi connectivity index (χ0v) is 15.8. The van der Waals surface area contributed by atoms with Crippen LogP contribution < -0.4 is 10.6 Å². The predicted octanol–water partition coefficient (Wildman–Crippen LogP) is 4.54. The number of amides is 2. The smallest absolute Gasteiger partial charge is 0.255 e. The molecule has 0 saturated carbocycles. The quantitative estimate of drug-likeness (QED) is 0.810. The van der Waals surface area contributed by atoms with E-state index in [9.17, 15) is 9.59 Å². The van der Waals surface area contributed by atoms with E-state index < -0.39 is 0 Å². The zero-order valence-electron chi connectivity index (χ0n) is 14.2. The molecule has 0 aliphatic rings. The third-order valence-electron chi connectivity index (χ3n) is 3.33. The number of carbonyl (C=O) groups is 2. The minimum Gasteiger partial charge on any atom is -0.347 e. The first-order valence-electron chi connectivity index (χ1n) is 7.66. The van der Waals surface area contributed by atoms with Crippen molar-refractivity contribution in [1.29, 1.82) is 0 Å². The van der Waals surface area contributed by atoms with Crippen LogP contribution in [-0.2, 0) is 0 Å². The highest BCUT2D eigenvalue weighted by molar-refractivity contribution is 9.10. The van der Waals surface area contributed by atoms with E-state index in [1.165, 1.54) is 0 Å². The SMILES string of the molecule is Cc1ccc(NC(=O)c2ccc(C(=O)NC(C)(C)C)cc2)cc1Br. The van der Waals surface area contributed by atoms with Gasteiger partial charge in [-0.15, -0.1) is 0 Å². The first-order valence-corrected chi connectivity index (χ1v) is 8.45. The largest absolute Gasteiger partial charge is 0.347 e. The third-order valence-corrected chi connectivity index (χ3v) is 4.18. The van der Waals surface area contributed by atoms with Gasteiger partial charge in [0.15, 0.2) is 0 Å². The van der Waals surface area contributed by atoms with Crippen LogP contribution in [0.25, 0.3) is 0 Å². The molecule has 0 unspecified atom stereocenters. The average molecular weight is 389 g/mol. The van der Waals surface area contributed by atoms with Gasteiger partial charge in [-0.2, -0.15) is 0 Å². The van der Waals surface area contributed by atoms with Crippen molar-refractivity contribution in [3.63, 3.8) is 0 Å². The number of hydrogen-bond donors (Lipinski definition) is 2. The predicted molar refractivity (Wildman–Crippen MR) is 100 cm³/mol. The van der Waals surface area contributed by atoms with Gasteiger partial charge in [-0.25, -0.2) is 0 Å². The number of benzene rings is 2. The Morgan fingerprint density at radius 1 is 0.917 bits per heavy atom. The Balaban J connectivity index is 2.08. The van der Waals surface area contributed by atoms with Gasteiger partial charge < -0.3 is 10.6 Å². The molecule has 0 atom stereocenters. The molecule has 5 heteroatoms. The van der Waals surface area contributed by atoms with Gasteiger partial charge in [0.25, 0.3) is 11.8 Å². The monoisotopic (exact) mass is 388 g/mol. The van der Waals surface area contributed by atoms with Gasteiger partial charge >= 0.3 is 0 Å². The summed E-state index contributed by atoms with van der Waals surface area (Å²) in [6.45, 7) is 7.75. The van der Waals surface area contributed by atoms with Crippen LogP contribution in [0.15, 0.2) is 46.9 Å². The third kappa shape index (κ3) is 4.93. The summed E-state index contributed by atoms with van der Waals surface area (Å²) >= 11 is 3.45. The number of nitrogens with one attached hydrogen (secondary N) is 2. The summed E-state index contributed by atoms with van der Waals surface area (Å²) in [5.41, 5.74) is 2.54. The molecule has 0 spiro atoms. The van der Waals surface area contributed by atoms with Crippen molar-refractivity contribution in [2.45, 2.75) is 33.2 Å². The lowest BCUT2D eigenvalue weighted by molar-refractivity contribution is 0.0918. The second-order valence-electron chi connectivity index (χ2n) is 6.70. The Labute approximate surface area is 150 Å². The molecule has 0 saturated heterocycles. The summed E-state index contributed by atoms with van der Waals surface area (Å²) in [7, 11) is 0. The molecule has 2 aromatic carbocycles. The van der Waals surface area contributed by atoms with E-state index in [0.717, 1.165) is 10.0 Å². The van der Waals surface area contributed by atoms with Gasteiger partial charge in [0, 0.05) is 26.8 Å². The summed E-state index contributed by atoms with van der Waals surface area (Å²) in [6.07, 6.45) is 0. The van der Waals surface area contributed by atoms with Crippen molar-refractivity contribution in [3.8, 4) is 0 Å². The Bertz CT molecular complexity index is 762. The number of hydrogen-bond acceptors (Lipinski definition) is 2. The van der Waals surface area contributed by atoms with E-state index in [2.05, 4.69) is 26.6 Å². The molecular weight excluding hydrogens is 368 g/mol. The van der Waals surface area contributed by atoms with Gasteiger partial charge in [0.05, 0.1) is 0 Å². The summed E-state index contributed by atoms with van der Waals surface area (Å²) < 4.78 is 0.939. The lowest BCUT2D eigenvalue weighted by Crippen LogP contribution is -2.40. The summed E-state index contributed by atoms with van der Waals surface area (Å²) in [4.78, 5) is 24.4. The standard InChI is InChI=1S/C19H21BrN2O2/c1-12-5-10-15(11-16(12)20)21-17(23)13-6-8-14(9-7-13)18(24)22-19(2,3)4/h5-11H,1-4H3,(H,21,23)(H,22,24). The summed E-state index contributed by atoms with van der Waals surface area (Å²) in [6, 6.07) is 12.2. The minimum absolute atomic E-state index is 0.156. The van der Waals surface area contributed by atoms with Crippen molar-refractivity contribution in [2.24, 2.45) is 0 Å². The molecule has 0 aromatic heterocycles. The first kappa shape index (κ1) is 18.2. The maximum absolute atomic E-state index is 12.3. The van der Waals surface area contributed by atoms with Crippen molar-refractivity contribution < 1.29 is 9.59 Å². The Morgan fingerprint density at radius 3 is 1.96 bits per heavy atom. The lowest BCUT2D eigenvalue weighted by atomic mass is 10.1. The van der Waals surface area contributed by atoms with Gasteiger partial charge in [-0.3, -0.25) is 9.59 Å². The molecule has 4 nitrogen and oxygen atoms in total. The molecule has 0 heterocycles. The highest BCUT2D eigenvalue weighted by Crippen LogP contribution is 2.21. The molecule has 0 fully saturated rings. The van der Waals surface area contributed by atoms with Crippen molar-refractivity contribution >= 4 is 33.4 Å². The average Bonchev–Trinajstić information content (AvgIpc) is 2.49. The van der Waals surface area contributed by atoms with E-state index in [-0.39, 0.29) is 17.4 Å². The maximum Gasteiger partial charge on any atom is 0.255 e. The zero-order chi connectivity index (χ0) is 17.9. The molecule has 2 aromatic rings. The maximum atomic E-state index is 12.3. The van der Waals surface area contributed by atoms with Gasteiger partial charge in [0.2, 0.25) is 0 Å². The molecule has 2 amide bonds. The Morgan fingerprint density at radius 2 is 1.46 bits per heavy atom. The van der Waals surface area contributed by atoms with E-state index in [1.807, 2.05) is 45.9 Å². The van der Waals surface area contributed by atoms with Crippen LogP contribution in [0.3, 0.4) is 0 Å². The molecule has 0 aliphatic heterocycles. The number of aryl methyl sites for hydroxylation is 1. The van der Waals surface area contributed by atoms with Crippen molar-refractivity contribution in [1.82, 2.24) is 5.32 Å². The van der Waals surface area contributed by atoms with Gasteiger partial charge in [-0.1, -0.05) is 22.0 Å². The van der Waals surface area contributed by atoms with Crippen LogP contribution in [-0.4, -0.2) is 17.4 Å². The molecule has 2 N–H and O–H groups in total. The molecule has 2 rings (SSSR count). The summed E-state index contributed by atoms with van der Waals surface area (Å²) in [5, 5.41) is 5.73. The molecule has 24 heavy (non-hydrogen) atoms. The number of anilines is 1. The van der Waals surface area contributed by atoms with E-state index in [4.69, 9.17) is 0 Å². The number of rotatable bonds is 3. The van der Waals surface area contributed by atoms with E-state index in [1.54, 1.807) is 24.3 Å². The molecular formula is C19H21BrN2O2. The highest BCUT2D eigenvalue weighted by Gasteiger charge is 2.15. The second-order valence-corrected chi connectivity index (χ2v) is 7.55. The van der Waals surface area contributed by atoms with Crippen molar-refractivity contribution in [3.05, 3.63) is 63.6 Å². The van der Waals surface area contributed by atoms with Gasteiger partial charge in [0.1, 0.15) is 0 Å². The Hall–Kier alpha value is -2.14.